The van der Waals surface area contributed by atoms with Crippen molar-refractivity contribution in [2.45, 2.75) is 33.0 Å². The van der Waals surface area contributed by atoms with E-state index in [1.807, 2.05) is 51.1 Å². The number of ether oxygens (including phenoxy) is 2. The first kappa shape index (κ1) is 16.8. The maximum Gasteiger partial charge on any atom is 0.412 e. The van der Waals surface area contributed by atoms with Gasteiger partial charge in [-0.25, -0.2) is 4.79 Å². The largest absolute Gasteiger partial charge is 0.444 e. The average Bonchev–Trinajstić information content (AvgIpc) is 2.39. The molecule has 0 aliphatic rings. The number of methoxy groups -OCH3 is 1. The van der Waals surface area contributed by atoms with Crippen molar-refractivity contribution in [3.05, 3.63) is 40.4 Å². The molecule has 22 heavy (non-hydrogen) atoms. The Morgan fingerprint density at radius 3 is 2.55 bits per heavy atom. The van der Waals surface area contributed by atoms with Gasteiger partial charge in [-0.1, -0.05) is 34.1 Å². The number of benzene rings is 2. The molecule has 0 aliphatic carbocycles. The second kappa shape index (κ2) is 6.67. The molecular formula is C17H20BrNO3. The Balaban J connectivity index is 2.45. The molecule has 1 amide bonds. The van der Waals surface area contributed by atoms with Gasteiger partial charge in [-0.2, -0.15) is 0 Å². The van der Waals surface area contributed by atoms with Gasteiger partial charge in [-0.3, -0.25) is 5.32 Å². The molecule has 0 unspecified atom stereocenters. The molecule has 0 aliphatic heterocycles. The summed E-state index contributed by atoms with van der Waals surface area (Å²) in [6, 6.07) is 9.90. The van der Waals surface area contributed by atoms with Crippen LogP contribution in [0, 0.1) is 0 Å². The normalized spacial score (nSPS) is 11.5. The molecule has 5 heteroatoms. The first-order chi connectivity index (χ1) is 10.3. The molecule has 0 radical (unpaired) electrons. The summed E-state index contributed by atoms with van der Waals surface area (Å²) < 4.78 is 11.5. The van der Waals surface area contributed by atoms with E-state index in [-0.39, 0.29) is 0 Å². The minimum atomic E-state index is -0.545. The van der Waals surface area contributed by atoms with Crippen LogP contribution in [0.2, 0.25) is 0 Å². The van der Waals surface area contributed by atoms with Crippen molar-refractivity contribution < 1.29 is 14.3 Å². The minimum Gasteiger partial charge on any atom is -0.444 e. The highest BCUT2D eigenvalue weighted by Gasteiger charge is 2.18. The average molecular weight is 366 g/mol. The van der Waals surface area contributed by atoms with Crippen LogP contribution < -0.4 is 5.32 Å². The van der Waals surface area contributed by atoms with Crippen molar-refractivity contribution in [1.29, 1.82) is 0 Å². The van der Waals surface area contributed by atoms with Gasteiger partial charge in [-0.05, 0) is 38.3 Å². The second-order valence-corrected chi connectivity index (χ2v) is 6.94. The Morgan fingerprint density at radius 2 is 1.91 bits per heavy atom. The number of fused-ring (bicyclic) bond motifs is 1. The molecule has 0 atom stereocenters. The van der Waals surface area contributed by atoms with Crippen molar-refractivity contribution in [3.63, 3.8) is 0 Å². The molecule has 0 heterocycles. The molecule has 2 aromatic rings. The fourth-order valence-electron chi connectivity index (χ4n) is 2.17. The summed E-state index contributed by atoms with van der Waals surface area (Å²) in [7, 11) is 1.63. The van der Waals surface area contributed by atoms with Crippen LogP contribution in [0.25, 0.3) is 10.8 Å². The third kappa shape index (κ3) is 4.21. The Hall–Kier alpha value is -1.59. The van der Waals surface area contributed by atoms with Crippen molar-refractivity contribution >= 4 is 38.5 Å². The number of carbonyl (C=O) groups is 1. The van der Waals surface area contributed by atoms with E-state index in [0.717, 1.165) is 26.5 Å². The Morgan fingerprint density at radius 1 is 1.23 bits per heavy atom. The lowest BCUT2D eigenvalue weighted by molar-refractivity contribution is 0.0635. The molecular weight excluding hydrogens is 346 g/mol. The SMILES string of the molecule is COCc1ccc2ccc(Br)cc2c1NC(=O)OC(C)(C)C. The highest BCUT2D eigenvalue weighted by atomic mass is 79.9. The van der Waals surface area contributed by atoms with Gasteiger partial charge in [0.05, 0.1) is 12.3 Å². The maximum atomic E-state index is 12.1. The van der Waals surface area contributed by atoms with Gasteiger partial charge in [0.2, 0.25) is 0 Å². The highest BCUT2D eigenvalue weighted by Crippen LogP contribution is 2.31. The minimum absolute atomic E-state index is 0.410. The van der Waals surface area contributed by atoms with Crippen molar-refractivity contribution in [3.8, 4) is 0 Å². The zero-order valence-electron chi connectivity index (χ0n) is 13.2. The lowest BCUT2D eigenvalue weighted by Gasteiger charge is -2.21. The highest BCUT2D eigenvalue weighted by molar-refractivity contribution is 9.10. The number of hydrogen-bond acceptors (Lipinski definition) is 3. The van der Waals surface area contributed by atoms with Gasteiger partial charge in [0.1, 0.15) is 5.60 Å². The predicted octanol–water partition coefficient (Wildman–Crippen LogP) is 5.10. The van der Waals surface area contributed by atoms with Crippen LogP contribution in [0.15, 0.2) is 34.8 Å². The summed E-state index contributed by atoms with van der Waals surface area (Å²) in [4.78, 5) is 12.1. The zero-order valence-corrected chi connectivity index (χ0v) is 14.8. The lowest BCUT2D eigenvalue weighted by Crippen LogP contribution is -2.27. The van der Waals surface area contributed by atoms with Gasteiger partial charge < -0.3 is 9.47 Å². The van der Waals surface area contributed by atoms with Crippen molar-refractivity contribution in [1.82, 2.24) is 0 Å². The smallest absolute Gasteiger partial charge is 0.412 e. The number of rotatable bonds is 3. The number of halogens is 1. The Kier molecular flexibility index (Phi) is 5.08. The van der Waals surface area contributed by atoms with Gasteiger partial charge in [0.15, 0.2) is 0 Å². The Labute approximate surface area is 138 Å². The van der Waals surface area contributed by atoms with Crippen LogP contribution in [0.3, 0.4) is 0 Å². The van der Waals surface area contributed by atoms with E-state index in [2.05, 4.69) is 21.2 Å². The van der Waals surface area contributed by atoms with E-state index in [4.69, 9.17) is 9.47 Å². The second-order valence-electron chi connectivity index (χ2n) is 6.03. The molecule has 0 fully saturated rings. The predicted molar refractivity (Wildman–Crippen MR) is 92.2 cm³/mol. The van der Waals surface area contributed by atoms with E-state index in [0.29, 0.717) is 6.61 Å². The number of nitrogens with one attached hydrogen (secondary N) is 1. The van der Waals surface area contributed by atoms with E-state index in [9.17, 15) is 4.79 Å². The summed E-state index contributed by atoms with van der Waals surface area (Å²) >= 11 is 3.47. The zero-order chi connectivity index (χ0) is 16.3. The molecule has 2 rings (SSSR count). The lowest BCUT2D eigenvalue weighted by atomic mass is 10.0. The fourth-order valence-corrected chi connectivity index (χ4v) is 2.53. The van der Waals surface area contributed by atoms with Gasteiger partial charge >= 0.3 is 6.09 Å². The monoisotopic (exact) mass is 365 g/mol. The van der Waals surface area contributed by atoms with Gasteiger partial charge in [-0.15, -0.1) is 0 Å². The summed E-state index contributed by atoms with van der Waals surface area (Å²) in [5, 5.41) is 4.84. The van der Waals surface area contributed by atoms with Crippen LogP contribution in [-0.4, -0.2) is 18.8 Å². The van der Waals surface area contributed by atoms with E-state index < -0.39 is 11.7 Å². The molecule has 0 bridgehead atoms. The first-order valence-corrected chi connectivity index (χ1v) is 7.79. The molecule has 0 saturated heterocycles. The summed E-state index contributed by atoms with van der Waals surface area (Å²) in [5.74, 6) is 0. The fraction of sp³-hybridized carbons (Fsp3) is 0.353. The molecule has 0 saturated carbocycles. The van der Waals surface area contributed by atoms with Crippen LogP contribution in [0.4, 0.5) is 10.5 Å². The molecule has 1 N–H and O–H groups in total. The number of hydrogen-bond donors (Lipinski definition) is 1. The van der Waals surface area contributed by atoms with E-state index in [1.165, 1.54) is 0 Å². The number of anilines is 1. The summed E-state index contributed by atoms with van der Waals surface area (Å²) in [6.45, 7) is 5.92. The van der Waals surface area contributed by atoms with Crippen molar-refractivity contribution in [2.75, 3.05) is 12.4 Å². The van der Waals surface area contributed by atoms with Crippen LogP contribution >= 0.6 is 15.9 Å². The topological polar surface area (TPSA) is 47.6 Å². The molecule has 118 valence electrons. The van der Waals surface area contributed by atoms with E-state index in [1.54, 1.807) is 7.11 Å². The molecule has 2 aromatic carbocycles. The Bertz CT molecular complexity index is 692. The van der Waals surface area contributed by atoms with E-state index >= 15 is 0 Å². The third-order valence-electron chi connectivity index (χ3n) is 3.00. The van der Waals surface area contributed by atoms with Crippen LogP contribution in [0.1, 0.15) is 26.3 Å². The third-order valence-corrected chi connectivity index (χ3v) is 3.49. The molecule has 0 spiro atoms. The summed E-state index contributed by atoms with van der Waals surface area (Å²) in [5.41, 5.74) is 1.07. The van der Waals surface area contributed by atoms with Gasteiger partial charge in [0.25, 0.3) is 0 Å². The van der Waals surface area contributed by atoms with Crippen molar-refractivity contribution in [2.24, 2.45) is 0 Å². The standard InChI is InChI=1S/C17H20BrNO3/c1-17(2,3)22-16(20)19-15-12(10-21-4)6-5-11-7-8-13(18)9-14(11)15/h5-9H,10H2,1-4H3,(H,19,20). The number of amides is 1. The summed E-state index contributed by atoms with van der Waals surface area (Å²) in [6.07, 6.45) is -0.475. The van der Waals surface area contributed by atoms with Crippen LogP contribution in [-0.2, 0) is 16.1 Å². The quantitative estimate of drug-likeness (QED) is 0.823. The molecule has 0 aromatic heterocycles. The number of carbonyl (C=O) groups excluding carboxylic acids is 1. The molecule has 4 nitrogen and oxygen atoms in total. The van der Waals surface area contributed by atoms with Crippen LogP contribution in [0.5, 0.6) is 0 Å². The maximum absolute atomic E-state index is 12.1. The van der Waals surface area contributed by atoms with Gasteiger partial charge in [0, 0.05) is 22.5 Å². The first-order valence-electron chi connectivity index (χ1n) is 7.00.